The lowest BCUT2D eigenvalue weighted by Crippen LogP contribution is -2.41. The number of carbonyl (C=O) groups excluding carboxylic acids is 1. The number of amides is 1. The van der Waals surface area contributed by atoms with E-state index in [0.717, 1.165) is 44.2 Å². The van der Waals surface area contributed by atoms with Gasteiger partial charge in [-0.1, -0.05) is 44.9 Å². The molecule has 0 heterocycles. The number of anilines is 1. The molecule has 1 fully saturated rings. The van der Waals surface area contributed by atoms with Gasteiger partial charge < -0.3 is 11.1 Å². The zero-order chi connectivity index (χ0) is 14.5. The van der Waals surface area contributed by atoms with Crippen molar-refractivity contribution in [1.82, 2.24) is 0 Å². The van der Waals surface area contributed by atoms with Gasteiger partial charge in [-0.2, -0.15) is 0 Å². The van der Waals surface area contributed by atoms with E-state index in [-0.39, 0.29) is 17.9 Å². The number of nitrogens with one attached hydrogen (secondary N) is 1. The van der Waals surface area contributed by atoms with Crippen LogP contribution in [0.5, 0.6) is 0 Å². The molecule has 3 N–H and O–H groups in total. The van der Waals surface area contributed by atoms with Crippen LogP contribution >= 0.6 is 0 Å². The molecular weight excluding hydrogens is 248 g/mol. The third-order valence-corrected chi connectivity index (χ3v) is 4.40. The van der Waals surface area contributed by atoms with Gasteiger partial charge in [0.1, 0.15) is 0 Å². The maximum Gasteiger partial charge on any atom is 0.229 e. The number of carbonyl (C=O) groups is 1. The predicted molar refractivity (Wildman–Crippen MR) is 83.8 cm³/mol. The van der Waals surface area contributed by atoms with Crippen molar-refractivity contribution in [3.63, 3.8) is 0 Å². The van der Waals surface area contributed by atoms with Crippen LogP contribution in [0.1, 0.15) is 50.7 Å². The number of para-hydroxylation sites is 1. The van der Waals surface area contributed by atoms with Crippen molar-refractivity contribution in [3.8, 4) is 0 Å². The zero-order valence-electron chi connectivity index (χ0n) is 12.6. The number of benzene rings is 1. The van der Waals surface area contributed by atoms with Crippen LogP contribution in [-0.4, -0.2) is 11.9 Å². The Morgan fingerprint density at radius 1 is 1.20 bits per heavy atom. The molecule has 3 heteroatoms. The Labute approximate surface area is 121 Å². The first kappa shape index (κ1) is 15.0. The van der Waals surface area contributed by atoms with Crippen LogP contribution in [0.15, 0.2) is 18.2 Å². The molecule has 0 aromatic heterocycles. The molecule has 1 aliphatic carbocycles. The Hall–Kier alpha value is -1.35. The average molecular weight is 274 g/mol. The largest absolute Gasteiger partial charge is 0.327 e. The second-order valence-electron chi connectivity index (χ2n) is 5.70. The molecule has 1 aromatic rings. The molecule has 1 aliphatic rings. The van der Waals surface area contributed by atoms with Crippen molar-refractivity contribution in [3.05, 3.63) is 29.3 Å². The molecule has 1 aromatic carbocycles. The second-order valence-corrected chi connectivity index (χ2v) is 5.70. The zero-order valence-corrected chi connectivity index (χ0v) is 12.6. The van der Waals surface area contributed by atoms with Crippen LogP contribution in [0.4, 0.5) is 5.69 Å². The number of nitrogens with two attached hydrogens (primary N) is 1. The first-order valence-corrected chi connectivity index (χ1v) is 7.84. The average Bonchev–Trinajstić information content (AvgIpc) is 2.47. The third-order valence-electron chi connectivity index (χ3n) is 4.40. The van der Waals surface area contributed by atoms with Gasteiger partial charge in [0.15, 0.2) is 0 Å². The van der Waals surface area contributed by atoms with Gasteiger partial charge in [-0.15, -0.1) is 0 Å². The van der Waals surface area contributed by atoms with Gasteiger partial charge in [0, 0.05) is 11.7 Å². The summed E-state index contributed by atoms with van der Waals surface area (Å²) < 4.78 is 0. The van der Waals surface area contributed by atoms with Crippen LogP contribution in [0.25, 0.3) is 0 Å². The smallest absolute Gasteiger partial charge is 0.229 e. The standard InChI is InChI=1S/C17H26N2O/c1-3-12-8-7-9-13(4-2)16(12)19-17(20)14-10-5-6-11-15(14)18/h7-9,14-15H,3-6,10-11,18H2,1-2H3,(H,19,20). The minimum Gasteiger partial charge on any atom is -0.327 e. The van der Waals surface area contributed by atoms with E-state index < -0.39 is 0 Å². The van der Waals surface area contributed by atoms with Gasteiger partial charge in [-0.25, -0.2) is 0 Å². The maximum absolute atomic E-state index is 12.5. The third kappa shape index (κ3) is 3.21. The molecule has 0 aliphatic heterocycles. The minimum absolute atomic E-state index is 0.0163. The summed E-state index contributed by atoms with van der Waals surface area (Å²) >= 11 is 0. The first-order chi connectivity index (χ1) is 9.67. The summed E-state index contributed by atoms with van der Waals surface area (Å²) in [4.78, 5) is 12.5. The number of hydrogen-bond acceptors (Lipinski definition) is 2. The van der Waals surface area contributed by atoms with Crippen molar-refractivity contribution in [2.75, 3.05) is 5.32 Å². The molecule has 2 atom stereocenters. The van der Waals surface area contributed by atoms with Crippen molar-refractivity contribution in [1.29, 1.82) is 0 Å². The fraction of sp³-hybridized carbons (Fsp3) is 0.588. The molecule has 3 nitrogen and oxygen atoms in total. The molecule has 1 saturated carbocycles. The van der Waals surface area contributed by atoms with Gasteiger partial charge in [0.2, 0.25) is 5.91 Å². The summed E-state index contributed by atoms with van der Waals surface area (Å²) in [6.07, 6.45) is 6.01. The van der Waals surface area contributed by atoms with Gasteiger partial charge in [-0.05, 0) is 36.8 Å². The molecule has 20 heavy (non-hydrogen) atoms. The van der Waals surface area contributed by atoms with Crippen LogP contribution < -0.4 is 11.1 Å². The van der Waals surface area contributed by atoms with E-state index in [1.165, 1.54) is 11.1 Å². The molecule has 0 spiro atoms. The minimum atomic E-state index is -0.0293. The Kier molecular flexibility index (Phi) is 5.18. The van der Waals surface area contributed by atoms with E-state index in [4.69, 9.17) is 5.73 Å². The van der Waals surface area contributed by atoms with Crippen molar-refractivity contribution in [2.45, 2.75) is 58.4 Å². The highest BCUT2D eigenvalue weighted by Gasteiger charge is 2.28. The molecule has 0 radical (unpaired) electrons. The van der Waals surface area contributed by atoms with Gasteiger partial charge in [0.25, 0.3) is 0 Å². The van der Waals surface area contributed by atoms with E-state index in [1.807, 2.05) is 0 Å². The van der Waals surface area contributed by atoms with Crippen LogP contribution in [-0.2, 0) is 17.6 Å². The normalized spacial score (nSPS) is 22.6. The fourth-order valence-electron chi connectivity index (χ4n) is 3.10. The Morgan fingerprint density at radius 2 is 1.80 bits per heavy atom. The lowest BCUT2D eigenvalue weighted by atomic mass is 9.84. The summed E-state index contributed by atoms with van der Waals surface area (Å²) in [7, 11) is 0. The molecule has 1 amide bonds. The lowest BCUT2D eigenvalue weighted by Gasteiger charge is -2.28. The molecule has 2 unspecified atom stereocenters. The van der Waals surface area contributed by atoms with Crippen molar-refractivity contribution < 1.29 is 4.79 Å². The monoisotopic (exact) mass is 274 g/mol. The van der Waals surface area contributed by atoms with E-state index in [1.54, 1.807) is 0 Å². The van der Waals surface area contributed by atoms with Crippen LogP contribution in [0.3, 0.4) is 0 Å². The van der Waals surface area contributed by atoms with Crippen molar-refractivity contribution in [2.24, 2.45) is 11.7 Å². The highest BCUT2D eigenvalue weighted by Crippen LogP contribution is 2.27. The number of aryl methyl sites for hydroxylation is 2. The maximum atomic E-state index is 12.5. The van der Waals surface area contributed by atoms with Gasteiger partial charge >= 0.3 is 0 Å². The lowest BCUT2D eigenvalue weighted by molar-refractivity contribution is -0.121. The highest BCUT2D eigenvalue weighted by atomic mass is 16.1. The number of hydrogen-bond donors (Lipinski definition) is 2. The first-order valence-electron chi connectivity index (χ1n) is 7.84. The highest BCUT2D eigenvalue weighted by molar-refractivity contribution is 5.94. The predicted octanol–water partition coefficient (Wildman–Crippen LogP) is 3.27. The Balaban J connectivity index is 2.18. The number of rotatable bonds is 4. The van der Waals surface area contributed by atoms with E-state index in [9.17, 15) is 4.79 Å². The quantitative estimate of drug-likeness (QED) is 0.885. The van der Waals surface area contributed by atoms with Crippen LogP contribution in [0, 0.1) is 5.92 Å². The summed E-state index contributed by atoms with van der Waals surface area (Å²) in [6, 6.07) is 6.27. The SMILES string of the molecule is CCc1cccc(CC)c1NC(=O)C1CCCCC1N. The van der Waals surface area contributed by atoms with Crippen molar-refractivity contribution >= 4 is 11.6 Å². The molecular formula is C17H26N2O. The summed E-state index contributed by atoms with van der Waals surface area (Å²) in [5.41, 5.74) is 9.55. The topological polar surface area (TPSA) is 55.1 Å². The second kappa shape index (κ2) is 6.89. The van der Waals surface area contributed by atoms with E-state index >= 15 is 0 Å². The molecule has 2 rings (SSSR count). The van der Waals surface area contributed by atoms with E-state index in [2.05, 4.69) is 37.4 Å². The Morgan fingerprint density at radius 3 is 2.35 bits per heavy atom. The molecule has 0 bridgehead atoms. The Bertz CT molecular complexity index is 448. The van der Waals surface area contributed by atoms with Gasteiger partial charge in [0.05, 0.1) is 5.92 Å². The summed E-state index contributed by atoms with van der Waals surface area (Å²) in [6.45, 7) is 4.24. The summed E-state index contributed by atoms with van der Waals surface area (Å²) in [5.74, 6) is 0.0752. The molecule has 0 saturated heterocycles. The van der Waals surface area contributed by atoms with Gasteiger partial charge in [-0.3, -0.25) is 4.79 Å². The fourth-order valence-corrected chi connectivity index (χ4v) is 3.10. The van der Waals surface area contributed by atoms with Crippen LogP contribution in [0.2, 0.25) is 0 Å². The van der Waals surface area contributed by atoms with E-state index in [0.29, 0.717) is 0 Å². The summed E-state index contributed by atoms with van der Waals surface area (Å²) in [5, 5.41) is 3.16. The molecule has 110 valence electrons.